The summed E-state index contributed by atoms with van der Waals surface area (Å²) in [4.78, 5) is 26.6. The van der Waals surface area contributed by atoms with Gasteiger partial charge in [0.15, 0.2) is 0 Å². The second-order valence-electron chi connectivity index (χ2n) is 7.20. The van der Waals surface area contributed by atoms with E-state index in [1.165, 1.54) is 0 Å². The highest BCUT2D eigenvalue weighted by atomic mass is 79.9. The van der Waals surface area contributed by atoms with Crippen LogP contribution in [-0.2, 0) is 4.79 Å². The van der Waals surface area contributed by atoms with Crippen LogP contribution in [0.15, 0.2) is 78.9 Å². The van der Waals surface area contributed by atoms with Crippen LogP contribution in [0, 0.1) is 10.1 Å². The van der Waals surface area contributed by atoms with Crippen molar-refractivity contribution in [2.75, 3.05) is 17.2 Å². The number of rotatable bonds is 7. The van der Waals surface area contributed by atoms with E-state index in [9.17, 15) is 14.9 Å². The summed E-state index contributed by atoms with van der Waals surface area (Å²) in [5, 5.41) is 15.6. The number of carbonyl (C=O) groups excluding carboxylic acids is 1. The number of fused-ring (bicyclic) bond motifs is 1. The molecular formula is C24H20BrN3O3. The average Bonchev–Trinajstić information content (AvgIpc) is 3.17. The number of nitrogens with one attached hydrogen (secondary N) is 2. The fourth-order valence-corrected chi connectivity index (χ4v) is 4.04. The summed E-state index contributed by atoms with van der Waals surface area (Å²) in [5.41, 5.74) is 5.00. The summed E-state index contributed by atoms with van der Waals surface area (Å²) in [6.45, 7) is -0.223. The maximum atomic E-state index is 11.8. The molecule has 0 aliphatic rings. The Morgan fingerprint density at radius 2 is 1.77 bits per heavy atom. The van der Waals surface area contributed by atoms with Gasteiger partial charge in [-0.25, -0.2) is 0 Å². The fraction of sp³-hybridized carbons (Fsp3) is 0.125. The van der Waals surface area contributed by atoms with E-state index in [-0.39, 0.29) is 22.7 Å². The van der Waals surface area contributed by atoms with Gasteiger partial charge >= 0.3 is 0 Å². The van der Waals surface area contributed by atoms with Crippen molar-refractivity contribution in [2.45, 2.75) is 5.92 Å². The number of alkyl halides is 1. The molecule has 0 spiro atoms. The molecule has 0 saturated heterocycles. The number of para-hydroxylation sites is 1. The van der Waals surface area contributed by atoms with Crippen molar-refractivity contribution >= 4 is 38.4 Å². The lowest BCUT2D eigenvalue weighted by atomic mass is 9.87. The van der Waals surface area contributed by atoms with Gasteiger partial charge in [0.1, 0.15) is 0 Å². The Hall–Kier alpha value is -3.45. The van der Waals surface area contributed by atoms with E-state index in [1.54, 1.807) is 0 Å². The first-order valence-corrected chi connectivity index (χ1v) is 10.9. The van der Waals surface area contributed by atoms with E-state index in [2.05, 4.69) is 26.2 Å². The number of hydrogen-bond donors (Lipinski definition) is 2. The van der Waals surface area contributed by atoms with Crippen molar-refractivity contribution in [1.82, 2.24) is 4.98 Å². The number of benzene rings is 3. The number of anilines is 1. The molecule has 0 saturated carbocycles. The number of halogens is 1. The Bertz CT molecular complexity index is 1240. The van der Waals surface area contributed by atoms with Gasteiger partial charge in [0.2, 0.25) is 12.5 Å². The van der Waals surface area contributed by atoms with Gasteiger partial charge in [0, 0.05) is 27.1 Å². The van der Waals surface area contributed by atoms with Gasteiger partial charge in [-0.1, -0.05) is 76.6 Å². The second kappa shape index (κ2) is 9.14. The van der Waals surface area contributed by atoms with E-state index in [0.717, 1.165) is 33.3 Å². The van der Waals surface area contributed by atoms with Crippen LogP contribution in [0.25, 0.3) is 22.2 Å². The molecule has 0 radical (unpaired) electrons. The first-order chi connectivity index (χ1) is 15.1. The molecule has 1 atom stereocenters. The molecule has 1 amide bonds. The number of aromatic amines is 1. The van der Waals surface area contributed by atoms with Crippen molar-refractivity contribution in [3.8, 4) is 11.3 Å². The predicted molar refractivity (Wildman–Crippen MR) is 126 cm³/mol. The van der Waals surface area contributed by atoms with Crippen LogP contribution in [0.4, 0.5) is 5.69 Å². The molecule has 6 nitrogen and oxygen atoms in total. The normalized spacial score (nSPS) is 11.9. The van der Waals surface area contributed by atoms with E-state index in [4.69, 9.17) is 0 Å². The molecule has 2 N–H and O–H groups in total. The molecule has 7 heteroatoms. The zero-order valence-electron chi connectivity index (χ0n) is 16.5. The molecule has 0 fully saturated rings. The Kier molecular flexibility index (Phi) is 6.13. The minimum atomic E-state index is -0.428. The molecule has 1 unspecified atom stereocenters. The van der Waals surface area contributed by atoms with Crippen molar-refractivity contribution in [3.63, 3.8) is 0 Å². The summed E-state index contributed by atoms with van der Waals surface area (Å²) < 4.78 is 0. The Balaban J connectivity index is 1.91. The van der Waals surface area contributed by atoms with Crippen LogP contribution in [0.1, 0.15) is 17.0 Å². The number of carbonyl (C=O) groups is 1. The molecule has 1 aromatic heterocycles. The van der Waals surface area contributed by atoms with Crippen LogP contribution in [0.5, 0.6) is 0 Å². The zero-order valence-corrected chi connectivity index (χ0v) is 18.1. The quantitative estimate of drug-likeness (QED) is 0.207. The summed E-state index contributed by atoms with van der Waals surface area (Å²) in [6, 6.07) is 24.9. The standard InChI is InChI=1S/C24H20BrN3O3/c25-14-22(29)26-18-10-6-9-17(13-18)24-23(19-11-4-5-12-21(19)27-24)20(15-28(30)31)16-7-2-1-3-8-16/h1-13,20,27H,14-15H2,(H,26,29). The Morgan fingerprint density at radius 3 is 2.52 bits per heavy atom. The monoisotopic (exact) mass is 477 g/mol. The first-order valence-electron chi connectivity index (χ1n) is 9.80. The van der Waals surface area contributed by atoms with Gasteiger partial charge in [-0.05, 0) is 29.3 Å². The molecule has 4 rings (SSSR count). The summed E-state index contributed by atoms with van der Waals surface area (Å²) in [6.07, 6.45) is 0. The van der Waals surface area contributed by atoms with Crippen LogP contribution >= 0.6 is 15.9 Å². The minimum absolute atomic E-state index is 0.149. The highest BCUT2D eigenvalue weighted by molar-refractivity contribution is 9.09. The molecule has 31 heavy (non-hydrogen) atoms. The van der Waals surface area contributed by atoms with Gasteiger partial charge < -0.3 is 10.3 Å². The van der Waals surface area contributed by atoms with E-state index in [0.29, 0.717) is 5.69 Å². The molecule has 3 aromatic carbocycles. The highest BCUT2D eigenvalue weighted by Gasteiger charge is 2.27. The fourth-order valence-electron chi connectivity index (χ4n) is 3.90. The SMILES string of the molecule is O=C(CBr)Nc1cccc(-c2[nH]c3ccccc3c2C(C[N+](=O)[O-])c2ccccc2)c1. The Labute approximate surface area is 187 Å². The molecule has 0 bridgehead atoms. The zero-order chi connectivity index (χ0) is 21.8. The molecule has 0 aliphatic carbocycles. The lowest BCUT2D eigenvalue weighted by molar-refractivity contribution is -0.481. The average molecular weight is 478 g/mol. The van der Waals surface area contributed by atoms with Crippen LogP contribution in [0.2, 0.25) is 0 Å². The highest BCUT2D eigenvalue weighted by Crippen LogP contribution is 2.39. The second-order valence-corrected chi connectivity index (χ2v) is 7.76. The van der Waals surface area contributed by atoms with Crippen molar-refractivity contribution in [1.29, 1.82) is 0 Å². The van der Waals surface area contributed by atoms with Crippen molar-refractivity contribution in [2.24, 2.45) is 0 Å². The number of nitrogens with zero attached hydrogens (tertiary/aromatic N) is 1. The number of hydrogen-bond acceptors (Lipinski definition) is 3. The third kappa shape index (κ3) is 4.51. The molecule has 1 heterocycles. The van der Waals surface area contributed by atoms with Gasteiger partial charge in [-0.15, -0.1) is 0 Å². The predicted octanol–water partition coefficient (Wildman–Crippen LogP) is 5.58. The van der Waals surface area contributed by atoms with E-state index in [1.807, 2.05) is 78.9 Å². The number of nitro groups is 1. The van der Waals surface area contributed by atoms with Crippen LogP contribution in [-0.4, -0.2) is 27.7 Å². The van der Waals surface area contributed by atoms with Crippen molar-refractivity contribution < 1.29 is 9.72 Å². The number of aromatic nitrogens is 1. The molecular weight excluding hydrogens is 458 g/mol. The maximum absolute atomic E-state index is 11.8. The smallest absolute Gasteiger partial charge is 0.235 e. The minimum Gasteiger partial charge on any atom is -0.354 e. The van der Waals surface area contributed by atoms with Crippen LogP contribution < -0.4 is 5.32 Å². The summed E-state index contributed by atoms with van der Waals surface area (Å²) >= 11 is 3.16. The largest absolute Gasteiger partial charge is 0.354 e. The topological polar surface area (TPSA) is 88.0 Å². The van der Waals surface area contributed by atoms with Gasteiger partial charge in [0.05, 0.1) is 16.9 Å². The Morgan fingerprint density at radius 1 is 1.03 bits per heavy atom. The van der Waals surface area contributed by atoms with Gasteiger partial charge in [0.25, 0.3) is 0 Å². The van der Waals surface area contributed by atoms with Gasteiger partial charge in [-0.3, -0.25) is 14.9 Å². The van der Waals surface area contributed by atoms with Gasteiger partial charge in [-0.2, -0.15) is 0 Å². The summed E-state index contributed by atoms with van der Waals surface area (Å²) in [5.74, 6) is -0.576. The van der Waals surface area contributed by atoms with E-state index < -0.39 is 5.92 Å². The number of H-pyrrole nitrogens is 1. The third-order valence-corrected chi connectivity index (χ3v) is 5.69. The maximum Gasteiger partial charge on any atom is 0.235 e. The lowest BCUT2D eigenvalue weighted by Crippen LogP contribution is -2.14. The first kappa shape index (κ1) is 20.8. The molecule has 4 aromatic rings. The summed E-state index contributed by atoms with van der Waals surface area (Å²) in [7, 11) is 0. The van der Waals surface area contributed by atoms with Crippen molar-refractivity contribution in [3.05, 3.63) is 100 Å². The third-order valence-electron chi connectivity index (χ3n) is 5.18. The molecule has 0 aliphatic heterocycles. The van der Waals surface area contributed by atoms with E-state index >= 15 is 0 Å². The number of amides is 1. The van der Waals surface area contributed by atoms with Crippen LogP contribution in [0.3, 0.4) is 0 Å². The molecule has 156 valence electrons. The lowest BCUT2D eigenvalue weighted by Gasteiger charge is -2.16.